The number of nitrogens with zero attached hydrogens (tertiary/aromatic N) is 1. The molecule has 4 heteroatoms. The van der Waals surface area contributed by atoms with Crippen LogP contribution >= 0.6 is 0 Å². The molecular weight excluding hydrogens is 238 g/mol. The summed E-state index contributed by atoms with van der Waals surface area (Å²) in [6.07, 6.45) is 2.47. The second-order valence-electron chi connectivity index (χ2n) is 6.06. The summed E-state index contributed by atoms with van der Waals surface area (Å²) in [7, 11) is 0. The Kier molecular flexibility index (Phi) is 4.09. The largest absolute Gasteiger partial charge is 0.310 e. The Labute approximate surface area is 115 Å². The maximum atomic E-state index is 12.1. The van der Waals surface area contributed by atoms with Gasteiger partial charge in [-0.05, 0) is 45.4 Å². The predicted molar refractivity (Wildman–Crippen MR) is 77.2 cm³/mol. The summed E-state index contributed by atoms with van der Waals surface area (Å²) < 4.78 is 0. The van der Waals surface area contributed by atoms with E-state index in [0.717, 1.165) is 17.2 Å². The molecule has 0 aromatic carbocycles. The smallest absolute Gasteiger partial charge is 0.255 e. The Hall–Kier alpha value is -1.16. The van der Waals surface area contributed by atoms with Gasteiger partial charge in [-0.2, -0.15) is 0 Å². The fraction of sp³-hybridized carbons (Fsp3) is 0.733. The Bertz CT molecular complexity index is 509. The van der Waals surface area contributed by atoms with Gasteiger partial charge < -0.3 is 10.3 Å². The molecule has 0 bridgehead atoms. The number of aryl methyl sites for hydroxylation is 2. The Morgan fingerprint density at radius 1 is 1.32 bits per heavy atom. The molecule has 0 aliphatic heterocycles. The maximum absolute atomic E-state index is 12.1. The molecule has 2 rings (SSSR count). The molecule has 1 aromatic heterocycles. The van der Waals surface area contributed by atoms with E-state index in [0.29, 0.717) is 17.8 Å². The van der Waals surface area contributed by atoms with E-state index in [1.807, 2.05) is 13.8 Å². The molecule has 1 fully saturated rings. The number of hydrogen-bond donors (Lipinski definition) is 2. The van der Waals surface area contributed by atoms with Crippen molar-refractivity contribution < 1.29 is 0 Å². The molecule has 4 atom stereocenters. The first-order valence-electron chi connectivity index (χ1n) is 7.23. The van der Waals surface area contributed by atoms with Crippen LogP contribution in [0.3, 0.4) is 0 Å². The molecule has 1 saturated carbocycles. The highest BCUT2D eigenvalue weighted by atomic mass is 16.1. The summed E-state index contributed by atoms with van der Waals surface area (Å²) in [6, 6.07) is 0.555. The highest BCUT2D eigenvalue weighted by Crippen LogP contribution is 2.32. The molecule has 0 saturated heterocycles. The maximum Gasteiger partial charge on any atom is 0.255 e. The fourth-order valence-electron chi connectivity index (χ4n) is 3.25. The van der Waals surface area contributed by atoms with E-state index < -0.39 is 0 Å². The monoisotopic (exact) mass is 263 g/mol. The standard InChI is InChI=1S/C15H25N3O/c1-8-6-7-13(9(8)2)17-11(4)14-10(3)16-12(5)18-15(14)19/h8-9,11,13,17H,6-7H2,1-5H3,(H,16,18,19). The second kappa shape index (κ2) is 5.45. The Morgan fingerprint density at radius 2 is 2.00 bits per heavy atom. The number of aromatic nitrogens is 2. The minimum Gasteiger partial charge on any atom is -0.310 e. The van der Waals surface area contributed by atoms with Gasteiger partial charge >= 0.3 is 0 Å². The van der Waals surface area contributed by atoms with Crippen molar-refractivity contribution in [2.75, 3.05) is 0 Å². The minimum absolute atomic E-state index is 0.0105. The van der Waals surface area contributed by atoms with Crippen molar-refractivity contribution in [3.8, 4) is 0 Å². The van der Waals surface area contributed by atoms with Gasteiger partial charge in [-0.15, -0.1) is 0 Å². The van der Waals surface area contributed by atoms with Crippen molar-refractivity contribution >= 4 is 0 Å². The van der Waals surface area contributed by atoms with Gasteiger partial charge in [-0.3, -0.25) is 4.79 Å². The third-order valence-electron chi connectivity index (χ3n) is 4.63. The van der Waals surface area contributed by atoms with Crippen LogP contribution in [0.5, 0.6) is 0 Å². The van der Waals surface area contributed by atoms with Gasteiger partial charge in [0.05, 0.1) is 5.56 Å². The van der Waals surface area contributed by atoms with Gasteiger partial charge in [0.1, 0.15) is 5.82 Å². The quantitative estimate of drug-likeness (QED) is 0.880. The zero-order valence-electron chi connectivity index (χ0n) is 12.6. The number of H-pyrrole nitrogens is 1. The second-order valence-corrected chi connectivity index (χ2v) is 6.06. The van der Waals surface area contributed by atoms with Gasteiger partial charge in [-0.1, -0.05) is 13.8 Å². The molecule has 4 nitrogen and oxygen atoms in total. The first-order chi connectivity index (χ1) is 8.90. The first-order valence-corrected chi connectivity index (χ1v) is 7.23. The third-order valence-corrected chi connectivity index (χ3v) is 4.63. The number of hydrogen-bond acceptors (Lipinski definition) is 3. The molecule has 0 spiro atoms. The molecule has 0 radical (unpaired) electrons. The van der Waals surface area contributed by atoms with E-state index in [1.165, 1.54) is 12.8 Å². The summed E-state index contributed by atoms with van der Waals surface area (Å²) in [5.41, 5.74) is 1.60. The molecule has 1 heterocycles. The van der Waals surface area contributed by atoms with E-state index in [2.05, 4.69) is 36.1 Å². The van der Waals surface area contributed by atoms with Crippen molar-refractivity contribution in [1.82, 2.24) is 15.3 Å². The lowest BCUT2D eigenvalue weighted by molar-refractivity contribution is 0.345. The lowest BCUT2D eigenvalue weighted by Crippen LogP contribution is -2.37. The van der Waals surface area contributed by atoms with Crippen LogP contribution in [0.2, 0.25) is 0 Å². The molecule has 4 unspecified atom stereocenters. The van der Waals surface area contributed by atoms with Crippen LogP contribution in [0.15, 0.2) is 4.79 Å². The summed E-state index contributed by atoms with van der Waals surface area (Å²) in [5.74, 6) is 2.11. The van der Waals surface area contributed by atoms with Crippen LogP contribution in [0, 0.1) is 25.7 Å². The lowest BCUT2D eigenvalue weighted by atomic mass is 9.96. The minimum atomic E-state index is -0.0105. The molecule has 1 aliphatic carbocycles. The van der Waals surface area contributed by atoms with Crippen LogP contribution in [-0.2, 0) is 0 Å². The zero-order valence-corrected chi connectivity index (χ0v) is 12.6. The Morgan fingerprint density at radius 3 is 2.53 bits per heavy atom. The summed E-state index contributed by atoms with van der Waals surface area (Å²) >= 11 is 0. The molecular formula is C15H25N3O. The van der Waals surface area contributed by atoms with Gasteiger partial charge in [0.25, 0.3) is 5.56 Å². The summed E-state index contributed by atoms with van der Waals surface area (Å²) in [4.78, 5) is 19.3. The lowest BCUT2D eigenvalue weighted by Gasteiger charge is -2.24. The molecule has 2 N–H and O–H groups in total. The van der Waals surface area contributed by atoms with Crippen LogP contribution in [-0.4, -0.2) is 16.0 Å². The van der Waals surface area contributed by atoms with Crippen molar-refractivity contribution in [2.24, 2.45) is 11.8 Å². The molecule has 1 aliphatic rings. The summed E-state index contributed by atoms with van der Waals surface area (Å²) in [5, 5.41) is 3.62. The zero-order chi connectivity index (χ0) is 14.2. The van der Waals surface area contributed by atoms with E-state index >= 15 is 0 Å². The average molecular weight is 263 g/mol. The van der Waals surface area contributed by atoms with Crippen molar-refractivity contribution in [3.05, 3.63) is 27.4 Å². The van der Waals surface area contributed by atoms with Crippen LogP contribution in [0.1, 0.15) is 56.7 Å². The van der Waals surface area contributed by atoms with Crippen LogP contribution < -0.4 is 10.9 Å². The Balaban J connectivity index is 2.17. The molecule has 0 amide bonds. The average Bonchev–Trinajstić information content (AvgIpc) is 2.59. The predicted octanol–water partition coefficient (Wildman–Crippen LogP) is 2.47. The first kappa shape index (κ1) is 14.3. The number of rotatable bonds is 3. The molecule has 1 aromatic rings. The van der Waals surface area contributed by atoms with Crippen molar-refractivity contribution in [3.63, 3.8) is 0 Å². The van der Waals surface area contributed by atoms with Gasteiger partial charge in [0.2, 0.25) is 0 Å². The van der Waals surface area contributed by atoms with Gasteiger partial charge in [0.15, 0.2) is 0 Å². The molecule has 19 heavy (non-hydrogen) atoms. The van der Waals surface area contributed by atoms with E-state index in [4.69, 9.17) is 0 Å². The highest BCUT2D eigenvalue weighted by Gasteiger charge is 2.31. The topological polar surface area (TPSA) is 57.8 Å². The van der Waals surface area contributed by atoms with E-state index in [1.54, 1.807) is 0 Å². The third kappa shape index (κ3) is 2.89. The van der Waals surface area contributed by atoms with Crippen LogP contribution in [0.4, 0.5) is 0 Å². The summed E-state index contributed by atoms with van der Waals surface area (Å²) in [6.45, 7) is 10.4. The number of aromatic amines is 1. The SMILES string of the molecule is Cc1nc(C)c(C(C)NC2CCC(C)C2C)c(=O)[nH]1. The van der Waals surface area contributed by atoms with Crippen molar-refractivity contribution in [2.45, 2.75) is 59.5 Å². The highest BCUT2D eigenvalue weighted by molar-refractivity contribution is 5.20. The van der Waals surface area contributed by atoms with Crippen molar-refractivity contribution in [1.29, 1.82) is 0 Å². The normalized spacial score (nSPS) is 28.6. The fourth-order valence-corrected chi connectivity index (χ4v) is 3.25. The van der Waals surface area contributed by atoms with Gasteiger partial charge in [-0.25, -0.2) is 4.98 Å². The molecule has 106 valence electrons. The van der Waals surface area contributed by atoms with Gasteiger partial charge in [0, 0.05) is 17.8 Å². The number of nitrogens with one attached hydrogen (secondary N) is 2. The van der Waals surface area contributed by atoms with E-state index in [9.17, 15) is 4.79 Å². The van der Waals surface area contributed by atoms with E-state index in [-0.39, 0.29) is 11.6 Å². The van der Waals surface area contributed by atoms with Crippen LogP contribution in [0.25, 0.3) is 0 Å².